The molecule has 0 bridgehead atoms. The SMILES string of the molecule is C1CCCC1.C1CCCC1.CCCC/C=C/C(O)C(C)CO[Si](C)(C)C(C)(C)C.[O-][Cl+3]([O-])([O-])[O-].[Zr]. The smallest absolute Gasteiger partial charge is 0.191 e. The summed E-state index contributed by atoms with van der Waals surface area (Å²) < 4.78 is 40.1. The Bertz CT molecular complexity index is 456. The molecule has 2 saturated carbocycles. The molecular formula is C26H54ClO6SiZr-. The average molecular weight is 617 g/mol. The standard InChI is InChI=1S/C16H34O2Si.2C5H10.ClHO4.Zr/c1-8-9-10-11-12-15(17)14(2)13-18-19(6,7)16(3,4)5;2*1-2-4-5-3-1;2-1(3,4)5;/h11-12,14-15,17H,8-10,13H2,1-7H3;2*1-5H2;(H,2,3,4,5);/p-1/b12-11+;;;;. The van der Waals surface area contributed by atoms with E-state index in [1.807, 2.05) is 6.08 Å². The van der Waals surface area contributed by atoms with Gasteiger partial charge in [0.1, 0.15) is 0 Å². The van der Waals surface area contributed by atoms with Crippen LogP contribution < -0.4 is 18.6 Å². The van der Waals surface area contributed by atoms with Gasteiger partial charge in [0, 0.05) is 38.7 Å². The van der Waals surface area contributed by atoms with Crippen molar-refractivity contribution in [2.75, 3.05) is 6.61 Å². The molecule has 2 aliphatic rings. The van der Waals surface area contributed by atoms with E-state index < -0.39 is 18.6 Å². The van der Waals surface area contributed by atoms with E-state index in [4.69, 9.17) is 23.1 Å². The maximum atomic E-state index is 10.1. The van der Waals surface area contributed by atoms with E-state index in [0.29, 0.717) is 6.61 Å². The molecule has 0 radical (unpaired) electrons. The van der Waals surface area contributed by atoms with Crippen molar-refractivity contribution in [1.29, 1.82) is 0 Å². The van der Waals surface area contributed by atoms with Gasteiger partial charge in [0.2, 0.25) is 0 Å². The van der Waals surface area contributed by atoms with Crippen LogP contribution in [0.5, 0.6) is 0 Å². The maximum absolute atomic E-state index is 10.1. The molecule has 0 amide bonds. The topological polar surface area (TPSA) is 122 Å². The Hall–Kier alpha value is 0.890. The molecule has 35 heavy (non-hydrogen) atoms. The van der Waals surface area contributed by atoms with E-state index in [2.05, 4.69) is 53.8 Å². The van der Waals surface area contributed by atoms with E-state index in [1.54, 1.807) is 0 Å². The number of halogens is 1. The molecule has 9 heteroatoms. The van der Waals surface area contributed by atoms with Crippen LogP contribution in [-0.4, -0.2) is 26.1 Å². The Balaban J connectivity index is -0.000000509. The van der Waals surface area contributed by atoms with Crippen LogP contribution in [0.25, 0.3) is 0 Å². The summed E-state index contributed by atoms with van der Waals surface area (Å²) in [5.41, 5.74) is 0. The van der Waals surface area contributed by atoms with Gasteiger partial charge in [-0.05, 0) is 24.6 Å². The van der Waals surface area contributed by atoms with Crippen LogP contribution in [0, 0.1) is 16.2 Å². The molecule has 0 aliphatic heterocycles. The van der Waals surface area contributed by atoms with Crippen LogP contribution in [0.2, 0.25) is 18.1 Å². The van der Waals surface area contributed by atoms with E-state index in [1.165, 1.54) is 77.0 Å². The quantitative estimate of drug-likeness (QED) is 0.251. The van der Waals surface area contributed by atoms with Crippen molar-refractivity contribution in [3.8, 4) is 0 Å². The zero-order valence-electron chi connectivity index (χ0n) is 23.6. The van der Waals surface area contributed by atoms with Crippen molar-refractivity contribution >= 4 is 8.32 Å². The predicted molar refractivity (Wildman–Crippen MR) is 133 cm³/mol. The maximum Gasteiger partial charge on any atom is 0.191 e. The summed E-state index contributed by atoms with van der Waals surface area (Å²) in [4.78, 5) is 0. The molecule has 1 N–H and O–H groups in total. The Kier molecular flexibility index (Phi) is 26.4. The van der Waals surface area contributed by atoms with Crippen LogP contribution in [0.1, 0.15) is 118 Å². The molecule has 2 rings (SSSR count). The summed E-state index contributed by atoms with van der Waals surface area (Å²) in [5, 5.41) is 10.3. The van der Waals surface area contributed by atoms with Crippen LogP contribution in [0.4, 0.5) is 0 Å². The summed E-state index contributed by atoms with van der Waals surface area (Å²) in [6, 6.07) is 0. The molecule has 0 aromatic carbocycles. The van der Waals surface area contributed by atoms with Gasteiger partial charge in [-0.15, -0.1) is 10.2 Å². The molecule has 6 nitrogen and oxygen atoms in total. The first-order valence-electron chi connectivity index (χ1n) is 13.2. The fraction of sp³-hybridized carbons (Fsp3) is 0.923. The van der Waals surface area contributed by atoms with Crippen molar-refractivity contribution in [1.82, 2.24) is 0 Å². The number of aliphatic hydroxyl groups is 1. The largest absolute Gasteiger partial charge is 0.416 e. The fourth-order valence-corrected chi connectivity index (χ4v) is 4.28. The minimum Gasteiger partial charge on any atom is -0.416 e. The van der Waals surface area contributed by atoms with Crippen molar-refractivity contribution < 1.29 is 64.6 Å². The van der Waals surface area contributed by atoms with Gasteiger partial charge in [-0.1, -0.05) is 124 Å². The molecule has 0 saturated heterocycles. The summed E-state index contributed by atoms with van der Waals surface area (Å²) >= 11 is 0. The molecule has 2 aliphatic carbocycles. The zero-order chi connectivity index (χ0) is 26.7. The van der Waals surface area contributed by atoms with E-state index in [0.717, 1.165) is 6.42 Å². The summed E-state index contributed by atoms with van der Waals surface area (Å²) in [6.45, 7) is 16.1. The van der Waals surface area contributed by atoms with Gasteiger partial charge in [-0.25, -0.2) is 18.6 Å². The van der Waals surface area contributed by atoms with Gasteiger partial charge in [0.15, 0.2) is 8.32 Å². The number of rotatable bonds is 8. The van der Waals surface area contributed by atoms with E-state index in [9.17, 15) is 5.11 Å². The second-order valence-corrected chi connectivity index (χ2v) is 16.6. The first-order valence-corrected chi connectivity index (χ1v) is 17.4. The molecular weight excluding hydrogens is 563 g/mol. The van der Waals surface area contributed by atoms with Gasteiger partial charge >= 0.3 is 0 Å². The Morgan fingerprint density at radius 3 is 1.51 bits per heavy atom. The van der Waals surface area contributed by atoms with Crippen LogP contribution in [0.3, 0.4) is 0 Å². The normalized spacial score (nSPS) is 17.7. The monoisotopic (exact) mass is 615 g/mol. The van der Waals surface area contributed by atoms with Gasteiger partial charge < -0.3 is 9.53 Å². The average Bonchev–Trinajstić information content (AvgIpc) is 3.45. The van der Waals surface area contributed by atoms with Crippen molar-refractivity contribution in [2.24, 2.45) is 5.92 Å². The van der Waals surface area contributed by atoms with Crippen molar-refractivity contribution in [3.63, 3.8) is 0 Å². The second-order valence-electron chi connectivity index (χ2n) is 11.0. The van der Waals surface area contributed by atoms with Gasteiger partial charge in [0.25, 0.3) is 0 Å². The number of hydrogen-bond acceptors (Lipinski definition) is 6. The zero-order valence-corrected chi connectivity index (χ0v) is 27.8. The first kappa shape index (κ1) is 40.4. The molecule has 0 aromatic rings. The molecule has 2 fully saturated rings. The molecule has 0 aromatic heterocycles. The van der Waals surface area contributed by atoms with Gasteiger partial charge in [-0.3, -0.25) is 0 Å². The molecule has 210 valence electrons. The molecule has 0 heterocycles. The Labute approximate surface area is 238 Å². The number of allylic oxidation sites excluding steroid dienone is 1. The van der Waals surface area contributed by atoms with Crippen molar-refractivity contribution in [3.05, 3.63) is 12.2 Å². The summed E-state index contributed by atoms with van der Waals surface area (Å²) in [7, 11) is -6.64. The van der Waals surface area contributed by atoms with Crippen molar-refractivity contribution in [2.45, 2.75) is 142 Å². The predicted octanol–water partition coefficient (Wildman–Crippen LogP) is 3.89. The minimum absolute atomic E-state index is 0. The van der Waals surface area contributed by atoms with Crippen LogP contribution in [-0.2, 0) is 30.6 Å². The van der Waals surface area contributed by atoms with E-state index >= 15 is 0 Å². The third kappa shape index (κ3) is 29.3. The Morgan fingerprint density at radius 2 is 1.23 bits per heavy atom. The number of unbranched alkanes of at least 4 members (excludes halogenated alkanes) is 2. The van der Waals surface area contributed by atoms with Crippen LogP contribution >= 0.6 is 0 Å². The second kappa shape index (κ2) is 22.8. The van der Waals surface area contributed by atoms with E-state index in [-0.39, 0.29) is 43.3 Å². The summed E-state index contributed by atoms with van der Waals surface area (Å²) in [6.07, 6.45) is 22.1. The molecule has 2 unspecified atom stereocenters. The number of hydrogen-bond donors (Lipinski definition) is 1. The van der Waals surface area contributed by atoms with Gasteiger partial charge in [-0.2, -0.15) is 0 Å². The first-order chi connectivity index (χ1) is 15.6. The summed E-state index contributed by atoms with van der Waals surface area (Å²) in [5.74, 6) is 0.159. The van der Waals surface area contributed by atoms with Gasteiger partial charge in [0.05, 0.1) is 6.10 Å². The third-order valence-electron chi connectivity index (χ3n) is 6.65. The fourth-order valence-electron chi connectivity index (χ4n) is 3.17. The minimum atomic E-state index is -4.94. The molecule has 2 atom stereocenters. The third-order valence-corrected chi connectivity index (χ3v) is 11.2. The number of aliphatic hydroxyl groups excluding tert-OH is 1. The Morgan fingerprint density at radius 1 is 0.886 bits per heavy atom. The van der Waals surface area contributed by atoms with Crippen LogP contribution in [0.15, 0.2) is 12.2 Å². The molecule has 0 spiro atoms.